The predicted molar refractivity (Wildman–Crippen MR) is 106 cm³/mol. The molecule has 0 aromatic carbocycles. The fraction of sp³-hybridized carbons (Fsp3) is 0.714. The summed E-state index contributed by atoms with van der Waals surface area (Å²) in [4.78, 5) is 41.1. The molecule has 0 radical (unpaired) electrons. The number of nitrogens with two attached hydrogens (primary N) is 4. The van der Waals surface area contributed by atoms with E-state index in [1.165, 1.54) is 11.8 Å². The van der Waals surface area contributed by atoms with Crippen LogP contribution in [0, 0.1) is 0 Å². The fourth-order valence-corrected chi connectivity index (χ4v) is 3.21. The smallest absolute Gasteiger partial charge is 0.321 e. The number of aliphatic carboxylic acids is 4. The zero-order valence-corrected chi connectivity index (χ0v) is 16.7. The Bertz CT molecular complexity index is 470. The summed E-state index contributed by atoms with van der Waals surface area (Å²) in [5, 5.41) is 33.7. The highest BCUT2D eigenvalue weighted by atomic mass is 32.2. The van der Waals surface area contributed by atoms with Gasteiger partial charge in [-0.1, -0.05) is 0 Å². The van der Waals surface area contributed by atoms with Crippen LogP contribution in [0.3, 0.4) is 0 Å². The Morgan fingerprint density at radius 2 is 0.857 bits per heavy atom. The summed E-state index contributed by atoms with van der Waals surface area (Å²) in [6, 6.07) is -3.62. The van der Waals surface area contributed by atoms with Gasteiger partial charge in [0.15, 0.2) is 0 Å². The van der Waals surface area contributed by atoms with Gasteiger partial charge >= 0.3 is 23.9 Å². The predicted octanol–water partition coefficient (Wildman–Crippen LogP) is -2.13. The first-order valence-electron chi connectivity index (χ1n) is 7.99. The maximum atomic E-state index is 10.3. The van der Waals surface area contributed by atoms with Crippen molar-refractivity contribution in [1.29, 1.82) is 0 Å². The summed E-state index contributed by atoms with van der Waals surface area (Å²) in [7, 11) is 0. The molecule has 0 amide bonds. The van der Waals surface area contributed by atoms with Gasteiger partial charge in [0.2, 0.25) is 0 Å². The Kier molecular flexibility index (Phi) is 16.7. The lowest BCUT2D eigenvalue weighted by Gasteiger charge is -2.07. The van der Waals surface area contributed by atoms with Gasteiger partial charge in [-0.3, -0.25) is 19.2 Å². The van der Waals surface area contributed by atoms with Crippen LogP contribution in [0.2, 0.25) is 0 Å². The van der Waals surface area contributed by atoms with Crippen LogP contribution in [0.15, 0.2) is 0 Å². The minimum absolute atomic E-state index is 0.163. The second kappa shape index (κ2) is 16.4. The number of rotatable bonds is 14. The zero-order valence-electron chi connectivity index (χ0n) is 15.1. The van der Waals surface area contributed by atoms with Crippen molar-refractivity contribution < 1.29 is 39.6 Å². The number of hydrogen-bond acceptors (Lipinski definition) is 10. The molecule has 0 heterocycles. The van der Waals surface area contributed by atoms with E-state index < -0.39 is 48.0 Å². The molecule has 0 aliphatic rings. The second-order valence-corrected chi connectivity index (χ2v) is 7.81. The van der Waals surface area contributed by atoms with Gasteiger partial charge in [-0.2, -0.15) is 23.5 Å². The van der Waals surface area contributed by atoms with Crippen LogP contribution in [0.5, 0.6) is 0 Å². The van der Waals surface area contributed by atoms with Crippen LogP contribution in [0.1, 0.15) is 12.8 Å². The molecule has 0 aliphatic heterocycles. The normalized spacial score (nSPS) is 14.7. The summed E-state index contributed by atoms with van der Waals surface area (Å²) < 4.78 is 0. The Hall–Kier alpha value is -1.58. The summed E-state index contributed by atoms with van der Waals surface area (Å²) in [6.07, 6.45) is 0.755. The van der Waals surface area contributed by atoms with Crippen molar-refractivity contribution in [2.75, 3.05) is 23.0 Å². The SMILES string of the molecule is N[C@@H](CCSCC[C@H](N)C(=O)O)C(=O)O.N[C@@H](CSC[C@H](N)C(=O)O)C(=O)O. The lowest BCUT2D eigenvalue weighted by Crippen LogP contribution is -2.36. The average Bonchev–Trinajstić information content (AvgIpc) is 2.60. The Balaban J connectivity index is 0. The lowest BCUT2D eigenvalue weighted by molar-refractivity contribution is -0.139. The third kappa shape index (κ3) is 16.6. The summed E-state index contributed by atoms with van der Waals surface area (Å²) in [5.74, 6) is -2.71. The maximum Gasteiger partial charge on any atom is 0.321 e. The molecule has 0 unspecified atom stereocenters. The van der Waals surface area contributed by atoms with Gasteiger partial charge < -0.3 is 43.4 Å². The zero-order chi connectivity index (χ0) is 22.3. The molecule has 0 rings (SSSR count). The Labute approximate surface area is 170 Å². The molecule has 4 atom stereocenters. The van der Waals surface area contributed by atoms with Crippen molar-refractivity contribution in [3.8, 4) is 0 Å². The first-order valence-corrected chi connectivity index (χ1v) is 10.3. The van der Waals surface area contributed by atoms with Crippen molar-refractivity contribution in [3.63, 3.8) is 0 Å². The van der Waals surface area contributed by atoms with E-state index in [-0.39, 0.29) is 11.5 Å². The largest absolute Gasteiger partial charge is 0.480 e. The summed E-state index contributed by atoms with van der Waals surface area (Å²) in [6.45, 7) is 0. The van der Waals surface area contributed by atoms with Crippen LogP contribution < -0.4 is 22.9 Å². The van der Waals surface area contributed by atoms with E-state index in [2.05, 4.69) is 0 Å². The molecule has 0 saturated heterocycles. The van der Waals surface area contributed by atoms with Crippen molar-refractivity contribution in [1.82, 2.24) is 0 Å². The van der Waals surface area contributed by atoms with E-state index in [0.29, 0.717) is 24.3 Å². The van der Waals surface area contributed by atoms with E-state index in [1.54, 1.807) is 0 Å². The monoisotopic (exact) mass is 444 g/mol. The Morgan fingerprint density at radius 3 is 1.11 bits per heavy atom. The molecular weight excluding hydrogens is 416 g/mol. The van der Waals surface area contributed by atoms with Gasteiger partial charge in [0.25, 0.3) is 0 Å². The lowest BCUT2D eigenvalue weighted by atomic mass is 10.2. The number of carbonyl (C=O) groups is 4. The van der Waals surface area contributed by atoms with Crippen LogP contribution in [0.4, 0.5) is 0 Å². The highest BCUT2D eigenvalue weighted by molar-refractivity contribution is 7.99. The maximum absolute atomic E-state index is 10.3. The van der Waals surface area contributed by atoms with Crippen molar-refractivity contribution in [2.45, 2.75) is 37.0 Å². The summed E-state index contributed by atoms with van der Waals surface area (Å²) in [5.41, 5.74) is 20.9. The van der Waals surface area contributed by atoms with E-state index >= 15 is 0 Å². The number of hydrogen-bond donors (Lipinski definition) is 8. The van der Waals surface area contributed by atoms with Crippen molar-refractivity contribution in [2.24, 2.45) is 22.9 Å². The van der Waals surface area contributed by atoms with Gasteiger partial charge in [-0.15, -0.1) is 0 Å². The minimum atomic E-state index is -1.10. The van der Waals surface area contributed by atoms with Gasteiger partial charge in [0, 0.05) is 11.5 Å². The molecular formula is C14H28N4O8S2. The molecule has 0 aromatic rings. The highest BCUT2D eigenvalue weighted by Gasteiger charge is 2.15. The van der Waals surface area contributed by atoms with E-state index in [0.717, 1.165) is 11.8 Å². The molecule has 12 nitrogen and oxygen atoms in total. The third-order valence-corrected chi connectivity index (χ3v) is 5.25. The van der Waals surface area contributed by atoms with Gasteiger partial charge in [-0.05, 0) is 24.3 Å². The van der Waals surface area contributed by atoms with Crippen LogP contribution in [-0.2, 0) is 19.2 Å². The van der Waals surface area contributed by atoms with Crippen molar-refractivity contribution >= 4 is 47.4 Å². The number of carboxylic acid groups (broad SMARTS) is 4. The second-order valence-electron chi connectivity index (χ2n) is 5.51. The molecule has 0 fully saturated rings. The fourth-order valence-electron chi connectivity index (χ4n) is 1.23. The first-order chi connectivity index (χ1) is 12.9. The van der Waals surface area contributed by atoms with Crippen molar-refractivity contribution in [3.05, 3.63) is 0 Å². The van der Waals surface area contributed by atoms with Crippen LogP contribution >= 0.6 is 23.5 Å². The Morgan fingerprint density at radius 1 is 0.571 bits per heavy atom. The molecule has 164 valence electrons. The molecule has 12 N–H and O–H groups in total. The van der Waals surface area contributed by atoms with Gasteiger partial charge in [0.1, 0.15) is 24.2 Å². The first kappa shape index (κ1) is 28.6. The molecule has 28 heavy (non-hydrogen) atoms. The number of carboxylic acids is 4. The van der Waals surface area contributed by atoms with Crippen LogP contribution in [0.25, 0.3) is 0 Å². The highest BCUT2D eigenvalue weighted by Crippen LogP contribution is 2.07. The summed E-state index contributed by atoms with van der Waals surface area (Å²) >= 11 is 2.57. The standard InChI is InChI=1S/C8H16N2O4S.C6H12N2O4S/c9-5(7(11)12)1-3-15-4-2-6(10)8(13)14;7-3(5(9)10)1-13-2-4(8)6(11)12/h5-6H,1-4,9-10H2,(H,11,12)(H,13,14);3-4H,1-2,7-8H2,(H,9,10)(H,11,12)/t5-,6-;3-,4-/m00/s1. The molecule has 0 spiro atoms. The van der Waals surface area contributed by atoms with Gasteiger partial charge in [0.05, 0.1) is 0 Å². The molecule has 0 bridgehead atoms. The molecule has 0 aromatic heterocycles. The minimum Gasteiger partial charge on any atom is -0.480 e. The van der Waals surface area contributed by atoms with E-state index in [1.807, 2.05) is 0 Å². The van der Waals surface area contributed by atoms with E-state index in [4.69, 9.17) is 43.4 Å². The topological polar surface area (TPSA) is 253 Å². The van der Waals surface area contributed by atoms with Gasteiger partial charge in [-0.25, -0.2) is 0 Å². The molecule has 14 heteroatoms. The third-order valence-electron chi connectivity index (χ3n) is 3.01. The van der Waals surface area contributed by atoms with Crippen LogP contribution in [-0.4, -0.2) is 91.5 Å². The number of thioether (sulfide) groups is 2. The van der Waals surface area contributed by atoms with E-state index in [9.17, 15) is 19.2 Å². The average molecular weight is 445 g/mol. The molecule has 0 saturated carbocycles. The molecule has 0 aliphatic carbocycles. The quantitative estimate of drug-likeness (QED) is 0.133.